The Morgan fingerprint density at radius 1 is 1.25 bits per heavy atom. The van der Waals surface area contributed by atoms with Gasteiger partial charge in [0.1, 0.15) is 11.5 Å². The smallest absolute Gasteiger partial charge is 0.319 e. The number of para-hydroxylation sites is 1. The van der Waals surface area contributed by atoms with Crippen molar-refractivity contribution in [3.05, 3.63) is 47.9 Å². The fourth-order valence-electron chi connectivity index (χ4n) is 1.86. The van der Waals surface area contributed by atoms with Gasteiger partial charge in [-0.1, -0.05) is 12.1 Å². The molecule has 0 aliphatic carbocycles. The highest BCUT2D eigenvalue weighted by molar-refractivity contribution is 7.98. The van der Waals surface area contributed by atoms with E-state index >= 15 is 0 Å². The molecule has 0 aliphatic rings. The quantitative estimate of drug-likeness (QED) is 0.830. The van der Waals surface area contributed by atoms with Crippen molar-refractivity contribution >= 4 is 23.5 Å². The maximum Gasteiger partial charge on any atom is 0.319 e. The maximum absolute atomic E-state index is 12.0. The zero-order valence-corrected chi connectivity index (χ0v) is 12.6. The highest BCUT2D eigenvalue weighted by Crippen LogP contribution is 2.24. The van der Waals surface area contributed by atoms with Crippen LogP contribution < -0.4 is 10.6 Å². The molecular formula is C15H18N2O2S. The highest BCUT2D eigenvalue weighted by atomic mass is 32.2. The predicted molar refractivity (Wildman–Crippen MR) is 82.2 cm³/mol. The van der Waals surface area contributed by atoms with E-state index in [1.54, 1.807) is 11.8 Å². The van der Waals surface area contributed by atoms with E-state index in [1.807, 2.05) is 56.5 Å². The maximum atomic E-state index is 12.0. The molecule has 2 aromatic rings. The zero-order chi connectivity index (χ0) is 14.5. The Balaban J connectivity index is 1.98. The molecule has 20 heavy (non-hydrogen) atoms. The molecule has 1 unspecified atom stereocenters. The van der Waals surface area contributed by atoms with Crippen LogP contribution in [0.15, 0.2) is 45.7 Å². The first-order valence-electron chi connectivity index (χ1n) is 6.37. The lowest BCUT2D eigenvalue weighted by molar-refractivity contribution is 0.247. The number of aryl methyl sites for hydroxylation is 1. The van der Waals surface area contributed by atoms with Crippen LogP contribution in [0, 0.1) is 6.92 Å². The number of urea groups is 1. The number of benzene rings is 1. The first-order valence-corrected chi connectivity index (χ1v) is 7.59. The second-order valence-electron chi connectivity index (χ2n) is 4.47. The zero-order valence-electron chi connectivity index (χ0n) is 11.8. The number of hydrogen-bond acceptors (Lipinski definition) is 3. The summed E-state index contributed by atoms with van der Waals surface area (Å²) in [5.74, 6) is 1.58. The molecule has 2 amide bonds. The van der Waals surface area contributed by atoms with E-state index < -0.39 is 0 Å². The summed E-state index contributed by atoms with van der Waals surface area (Å²) in [5, 5.41) is 5.71. The fourth-order valence-corrected chi connectivity index (χ4v) is 2.41. The Bertz CT molecular complexity index is 595. The van der Waals surface area contributed by atoms with Crippen LogP contribution in [0.25, 0.3) is 0 Å². The van der Waals surface area contributed by atoms with Gasteiger partial charge in [0.2, 0.25) is 0 Å². The lowest BCUT2D eigenvalue weighted by Crippen LogP contribution is -2.31. The molecule has 0 fully saturated rings. The van der Waals surface area contributed by atoms with Gasteiger partial charge in [-0.2, -0.15) is 0 Å². The summed E-state index contributed by atoms with van der Waals surface area (Å²) in [6.07, 6.45) is 1.98. The molecule has 1 heterocycles. The second kappa shape index (κ2) is 6.52. The number of amides is 2. The first kappa shape index (κ1) is 14.5. The van der Waals surface area contributed by atoms with Crippen molar-refractivity contribution in [2.45, 2.75) is 24.8 Å². The van der Waals surface area contributed by atoms with Gasteiger partial charge in [0.05, 0.1) is 11.7 Å². The third kappa shape index (κ3) is 3.57. The Kier molecular flexibility index (Phi) is 4.74. The van der Waals surface area contributed by atoms with Gasteiger partial charge >= 0.3 is 6.03 Å². The van der Waals surface area contributed by atoms with Gasteiger partial charge in [-0.15, -0.1) is 11.8 Å². The summed E-state index contributed by atoms with van der Waals surface area (Å²) >= 11 is 1.59. The van der Waals surface area contributed by atoms with Crippen LogP contribution in [0.2, 0.25) is 0 Å². The number of furan rings is 1. The summed E-state index contributed by atoms with van der Waals surface area (Å²) in [5.41, 5.74) is 0.806. The Morgan fingerprint density at radius 3 is 2.65 bits per heavy atom. The molecule has 1 aromatic carbocycles. The van der Waals surface area contributed by atoms with Crippen molar-refractivity contribution in [1.82, 2.24) is 5.32 Å². The topological polar surface area (TPSA) is 54.3 Å². The van der Waals surface area contributed by atoms with E-state index in [4.69, 9.17) is 4.42 Å². The summed E-state index contributed by atoms with van der Waals surface area (Å²) in [4.78, 5) is 13.0. The number of nitrogens with one attached hydrogen (secondary N) is 2. The molecule has 4 nitrogen and oxygen atoms in total. The van der Waals surface area contributed by atoms with E-state index in [0.717, 1.165) is 22.1 Å². The minimum atomic E-state index is -0.243. The molecule has 0 radical (unpaired) electrons. The molecular weight excluding hydrogens is 272 g/mol. The summed E-state index contributed by atoms with van der Waals surface area (Å²) in [6, 6.07) is 11.0. The molecule has 106 valence electrons. The number of rotatable bonds is 4. The molecule has 5 heteroatoms. The molecule has 0 spiro atoms. The SMILES string of the molecule is CSc1ccccc1NC(=O)NC(C)c1ccc(C)o1. The van der Waals surface area contributed by atoms with E-state index in [2.05, 4.69) is 10.6 Å². The number of anilines is 1. The van der Waals surface area contributed by atoms with E-state index in [9.17, 15) is 4.79 Å². The molecule has 1 aromatic heterocycles. The van der Waals surface area contributed by atoms with Crippen LogP contribution in [0.4, 0.5) is 10.5 Å². The lowest BCUT2D eigenvalue weighted by Gasteiger charge is -2.14. The van der Waals surface area contributed by atoms with Gasteiger partial charge in [0.25, 0.3) is 0 Å². The number of carbonyl (C=O) groups excluding carboxylic acids is 1. The minimum Gasteiger partial charge on any atom is -0.464 e. The molecule has 0 aliphatic heterocycles. The summed E-state index contributed by atoms with van der Waals surface area (Å²) in [7, 11) is 0. The highest BCUT2D eigenvalue weighted by Gasteiger charge is 2.13. The van der Waals surface area contributed by atoms with Gasteiger partial charge in [-0.3, -0.25) is 0 Å². The van der Waals surface area contributed by atoms with Crippen molar-refractivity contribution in [2.75, 3.05) is 11.6 Å². The molecule has 2 N–H and O–H groups in total. The van der Waals surface area contributed by atoms with E-state index in [1.165, 1.54) is 0 Å². The average molecular weight is 290 g/mol. The fraction of sp³-hybridized carbons (Fsp3) is 0.267. The van der Waals surface area contributed by atoms with Crippen molar-refractivity contribution in [3.8, 4) is 0 Å². The van der Waals surface area contributed by atoms with Crippen LogP contribution >= 0.6 is 11.8 Å². The Hall–Kier alpha value is -1.88. The number of hydrogen-bond donors (Lipinski definition) is 2. The van der Waals surface area contributed by atoms with Crippen molar-refractivity contribution in [3.63, 3.8) is 0 Å². The molecule has 1 atom stereocenters. The minimum absolute atomic E-state index is 0.176. The standard InChI is InChI=1S/C15H18N2O2S/c1-10-8-9-13(19-10)11(2)16-15(18)17-12-6-4-5-7-14(12)20-3/h4-9,11H,1-3H3,(H2,16,17,18). The largest absolute Gasteiger partial charge is 0.464 e. The molecule has 0 bridgehead atoms. The van der Waals surface area contributed by atoms with Crippen molar-refractivity contribution in [1.29, 1.82) is 0 Å². The van der Waals surface area contributed by atoms with Crippen LogP contribution in [0.3, 0.4) is 0 Å². The monoisotopic (exact) mass is 290 g/mol. The Labute approximate surface area is 122 Å². The third-order valence-corrected chi connectivity index (χ3v) is 3.69. The van der Waals surface area contributed by atoms with Crippen LogP contribution in [-0.2, 0) is 0 Å². The van der Waals surface area contributed by atoms with Crippen molar-refractivity contribution in [2.24, 2.45) is 0 Å². The van der Waals surface area contributed by atoms with Crippen LogP contribution in [0.1, 0.15) is 24.5 Å². The third-order valence-electron chi connectivity index (χ3n) is 2.89. The van der Waals surface area contributed by atoms with Crippen LogP contribution in [-0.4, -0.2) is 12.3 Å². The first-order chi connectivity index (χ1) is 9.60. The summed E-state index contributed by atoms with van der Waals surface area (Å²) in [6.45, 7) is 3.77. The number of carbonyl (C=O) groups is 1. The average Bonchev–Trinajstić information content (AvgIpc) is 2.86. The molecule has 0 saturated carbocycles. The van der Waals surface area contributed by atoms with Crippen molar-refractivity contribution < 1.29 is 9.21 Å². The summed E-state index contributed by atoms with van der Waals surface area (Å²) < 4.78 is 5.49. The Morgan fingerprint density at radius 2 is 2.00 bits per heavy atom. The lowest BCUT2D eigenvalue weighted by atomic mass is 10.2. The number of thioether (sulfide) groups is 1. The van der Waals surface area contributed by atoms with Gasteiger partial charge in [0.15, 0.2) is 0 Å². The predicted octanol–water partition coefficient (Wildman–Crippen LogP) is 4.19. The van der Waals surface area contributed by atoms with E-state index in [0.29, 0.717) is 0 Å². The van der Waals surface area contributed by atoms with Crippen LogP contribution in [0.5, 0.6) is 0 Å². The second-order valence-corrected chi connectivity index (χ2v) is 5.32. The normalized spacial score (nSPS) is 11.9. The van der Waals surface area contributed by atoms with Gasteiger partial charge in [-0.25, -0.2) is 4.79 Å². The molecule has 0 saturated heterocycles. The van der Waals surface area contributed by atoms with Gasteiger partial charge < -0.3 is 15.1 Å². The van der Waals surface area contributed by atoms with Gasteiger partial charge in [-0.05, 0) is 44.4 Å². The van der Waals surface area contributed by atoms with E-state index in [-0.39, 0.29) is 12.1 Å². The van der Waals surface area contributed by atoms with Gasteiger partial charge in [0, 0.05) is 4.90 Å². The molecule has 2 rings (SSSR count).